The lowest BCUT2D eigenvalue weighted by Crippen LogP contribution is -2.56. The Morgan fingerprint density at radius 2 is 1.95 bits per heavy atom. The van der Waals surface area contributed by atoms with E-state index in [0.717, 1.165) is 12.1 Å². The first-order chi connectivity index (χ1) is 9.69. The Bertz CT molecular complexity index is 460. The monoisotopic (exact) mass is 276 g/mol. The number of piperidine rings is 2. The predicted octanol–water partition coefficient (Wildman–Crippen LogP) is 3.63. The highest BCUT2D eigenvalue weighted by atomic mass is 19.1. The van der Waals surface area contributed by atoms with Crippen LogP contribution in [0.25, 0.3) is 0 Å². The fourth-order valence-electron chi connectivity index (χ4n) is 4.14. The van der Waals surface area contributed by atoms with Gasteiger partial charge in [-0.2, -0.15) is 0 Å². The molecule has 3 heteroatoms. The van der Waals surface area contributed by atoms with Gasteiger partial charge in [-0.1, -0.05) is 6.92 Å². The van der Waals surface area contributed by atoms with E-state index in [0.29, 0.717) is 18.1 Å². The molecule has 2 saturated heterocycles. The molecule has 2 aliphatic rings. The van der Waals surface area contributed by atoms with Gasteiger partial charge in [0.15, 0.2) is 0 Å². The molecule has 2 nitrogen and oxygen atoms in total. The van der Waals surface area contributed by atoms with E-state index in [4.69, 9.17) is 0 Å². The van der Waals surface area contributed by atoms with Crippen LogP contribution in [-0.4, -0.2) is 24.7 Å². The molecule has 0 spiro atoms. The molecule has 0 aromatic heterocycles. The first-order valence-electron chi connectivity index (χ1n) is 7.97. The number of fused-ring (bicyclic) bond motifs is 2. The first-order valence-corrected chi connectivity index (χ1v) is 7.97. The van der Waals surface area contributed by atoms with Gasteiger partial charge in [-0.15, -0.1) is 0 Å². The first kappa shape index (κ1) is 13.9. The SMILES string of the molecule is CCNC1CC2CCCC(C1)N2c1ccc(F)cc1C. The Labute approximate surface area is 121 Å². The maximum absolute atomic E-state index is 13.3. The number of rotatable bonds is 3. The summed E-state index contributed by atoms with van der Waals surface area (Å²) in [5.74, 6) is -0.126. The molecule has 2 bridgehead atoms. The van der Waals surface area contributed by atoms with E-state index >= 15 is 0 Å². The summed E-state index contributed by atoms with van der Waals surface area (Å²) in [7, 11) is 0. The van der Waals surface area contributed by atoms with Gasteiger partial charge in [0.1, 0.15) is 5.82 Å². The standard InChI is InChI=1S/C17H25FN2/c1-3-19-14-10-15-5-4-6-16(11-14)20(15)17-8-7-13(18)9-12(17)2/h7-9,14-16,19H,3-6,10-11H2,1-2H3. The third-order valence-corrected chi connectivity index (χ3v) is 4.90. The number of anilines is 1. The summed E-state index contributed by atoms with van der Waals surface area (Å²) in [5, 5.41) is 3.62. The smallest absolute Gasteiger partial charge is 0.123 e. The molecule has 2 fully saturated rings. The van der Waals surface area contributed by atoms with Gasteiger partial charge < -0.3 is 10.2 Å². The van der Waals surface area contributed by atoms with Crippen molar-refractivity contribution in [1.82, 2.24) is 5.32 Å². The van der Waals surface area contributed by atoms with Crippen LogP contribution in [0, 0.1) is 12.7 Å². The van der Waals surface area contributed by atoms with Gasteiger partial charge in [0.25, 0.3) is 0 Å². The van der Waals surface area contributed by atoms with E-state index in [9.17, 15) is 4.39 Å². The van der Waals surface area contributed by atoms with Gasteiger partial charge in [0.05, 0.1) is 0 Å². The van der Waals surface area contributed by atoms with Crippen molar-refractivity contribution in [3.63, 3.8) is 0 Å². The average molecular weight is 276 g/mol. The van der Waals surface area contributed by atoms with Crippen molar-refractivity contribution < 1.29 is 4.39 Å². The highest BCUT2D eigenvalue weighted by molar-refractivity contribution is 5.56. The molecular formula is C17H25FN2. The largest absolute Gasteiger partial charge is 0.365 e. The maximum Gasteiger partial charge on any atom is 0.123 e. The molecule has 110 valence electrons. The van der Waals surface area contributed by atoms with Gasteiger partial charge in [-0.25, -0.2) is 4.39 Å². The molecule has 2 heterocycles. The summed E-state index contributed by atoms with van der Waals surface area (Å²) in [5.41, 5.74) is 2.32. The third-order valence-electron chi connectivity index (χ3n) is 4.90. The molecule has 2 aliphatic heterocycles. The van der Waals surface area contributed by atoms with Gasteiger partial charge >= 0.3 is 0 Å². The molecule has 1 aromatic rings. The lowest BCUT2D eigenvalue weighted by molar-refractivity contribution is 0.247. The Kier molecular flexibility index (Phi) is 3.97. The minimum atomic E-state index is -0.126. The van der Waals surface area contributed by atoms with Crippen LogP contribution in [0.15, 0.2) is 18.2 Å². The predicted molar refractivity (Wildman–Crippen MR) is 81.7 cm³/mol. The number of halogens is 1. The van der Waals surface area contributed by atoms with E-state index in [-0.39, 0.29) is 5.82 Å². The van der Waals surface area contributed by atoms with Gasteiger partial charge in [0.2, 0.25) is 0 Å². The Morgan fingerprint density at radius 3 is 2.55 bits per heavy atom. The molecule has 20 heavy (non-hydrogen) atoms. The summed E-state index contributed by atoms with van der Waals surface area (Å²) in [4.78, 5) is 2.59. The molecular weight excluding hydrogens is 251 g/mol. The molecule has 1 aromatic carbocycles. The highest BCUT2D eigenvalue weighted by Gasteiger charge is 2.38. The van der Waals surface area contributed by atoms with E-state index in [1.54, 1.807) is 12.1 Å². The number of nitrogens with one attached hydrogen (secondary N) is 1. The third kappa shape index (κ3) is 2.56. The van der Waals surface area contributed by atoms with Gasteiger partial charge in [-0.05, 0) is 69.3 Å². The fourth-order valence-corrected chi connectivity index (χ4v) is 4.14. The van der Waals surface area contributed by atoms with Crippen molar-refractivity contribution in [3.05, 3.63) is 29.6 Å². The van der Waals surface area contributed by atoms with Crippen LogP contribution in [0.1, 0.15) is 44.6 Å². The highest BCUT2D eigenvalue weighted by Crippen LogP contribution is 2.39. The van der Waals surface area contributed by atoms with E-state index in [2.05, 4.69) is 17.1 Å². The van der Waals surface area contributed by atoms with Crippen LogP contribution >= 0.6 is 0 Å². The molecule has 3 rings (SSSR count). The second kappa shape index (κ2) is 5.72. The molecule has 0 radical (unpaired) electrons. The molecule has 2 atom stereocenters. The lowest BCUT2D eigenvalue weighted by atomic mass is 9.81. The molecule has 1 N–H and O–H groups in total. The number of benzene rings is 1. The molecule has 0 aliphatic carbocycles. The Balaban J connectivity index is 1.86. The number of aryl methyl sites for hydroxylation is 1. The van der Waals surface area contributed by atoms with Crippen molar-refractivity contribution in [2.75, 3.05) is 11.4 Å². The fraction of sp³-hybridized carbons (Fsp3) is 0.647. The van der Waals surface area contributed by atoms with Crippen molar-refractivity contribution in [2.45, 2.75) is 64.1 Å². The Morgan fingerprint density at radius 1 is 1.25 bits per heavy atom. The van der Waals surface area contributed by atoms with Crippen LogP contribution in [-0.2, 0) is 0 Å². The Hall–Kier alpha value is -1.09. The topological polar surface area (TPSA) is 15.3 Å². The van der Waals surface area contributed by atoms with Crippen molar-refractivity contribution in [3.8, 4) is 0 Å². The second-order valence-corrected chi connectivity index (χ2v) is 6.30. The normalized spacial score (nSPS) is 29.6. The van der Waals surface area contributed by atoms with Crippen LogP contribution in [0.5, 0.6) is 0 Å². The lowest BCUT2D eigenvalue weighted by Gasteiger charge is -2.51. The molecule has 0 amide bonds. The van der Waals surface area contributed by atoms with Crippen LogP contribution in [0.4, 0.5) is 10.1 Å². The second-order valence-electron chi connectivity index (χ2n) is 6.30. The van der Waals surface area contributed by atoms with Crippen molar-refractivity contribution in [2.24, 2.45) is 0 Å². The van der Waals surface area contributed by atoms with Crippen LogP contribution in [0.2, 0.25) is 0 Å². The summed E-state index contributed by atoms with van der Waals surface area (Å²) >= 11 is 0. The number of hydrogen-bond acceptors (Lipinski definition) is 2. The minimum absolute atomic E-state index is 0.126. The van der Waals surface area contributed by atoms with Crippen molar-refractivity contribution in [1.29, 1.82) is 0 Å². The van der Waals surface area contributed by atoms with Crippen LogP contribution < -0.4 is 10.2 Å². The number of nitrogens with zero attached hydrogens (tertiary/aromatic N) is 1. The maximum atomic E-state index is 13.3. The zero-order chi connectivity index (χ0) is 14.1. The quantitative estimate of drug-likeness (QED) is 0.907. The summed E-state index contributed by atoms with van der Waals surface area (Å²) < 4.78 is 13.3. The van der Waals surface area contributed by atoms with E-state index in [1.807, 2.05) is 13.0 Å². The summed E-state index contributed by atoms with van der Waals surface area (Å²) in [6.07, 6.45) is 6.33. The minimum Gasteiger partial charge on any atom is -0.365 e. The van der Waals surface area contributed by atoms with Crippen molar-refractivity contribution >= 4 is 5.69 Å². The zero-order valence-electron chi connectivity index (χ0n) is 12.5. The molecule has 0 saturated carbocycles. The number of hydrogen-bond donors (Lipinski definition) is 1. The zero-order valence-corrected chi connectivity index (χ0v) is 12.5. The average Bonchev–Trinajstić information content (AvgIpc) is 2.39. The van der Waals surface area contributed by atoms with E-state index in [1.165, 1.54) is 37.8 Å². The van der Waals surface area contributed by atoms with Gasteiger partial charge in [-0.3, -0.25) is 0 Å². The van der Waals surface area contributed by atoms with Gasteiger partial charge in [0, 0.05) is 23.8 Å². The summed E-state index contributed by atoms with van der Waals surface area (Å²) in [6, 6.07) is 7.15. The van der Waals surface area contributed by atoms with Crippen LogP contribution in [0.3, 0.4) is 0 Å². The van der Waals surface area contributed by atoms with E-state index < -0.39 is 0 Å². The summed E-state index contributed by atoms with van der Waals surface area (Å²) in [6.45, 7) is 5.27. The molecule has 2 unspecified atom stereocenters.